The molecule has 0 saturated carbocycles. The Bertz CT molecular complexity index is 593. The summed E-state index contributed by atoms with van der Waals surface area (Å²) in [6, 6.07) is 14.4. The summed E-state index contributed by atoms with van der Waals surface area (Å²) in [7, 11) is 1.35. The predicted octanol–water partition coefficient (Wildman–Crippen LogP) is 4.27. The number of hydrogen-bond acceptors (Lipinski definition) is 3. The summed E-state index contributed by atoms with van der Waals surface area (Å²) < 4.78 is 10.5. The van der Waals surface area contributed by atoms with Crippen LogP contribution in [-0.2, 0) is 4.74 Å². The molecule has 0 saturated heterocycles. The SMILES string of the molecule is COC(=O)c1ccc(OC(C)c2ccccc2Cl)cc1. The summed E-state index contributed by atoms with van der Waals surface area (Å²) >= 11 is 6.13. The topological polar surface area (TPSA) is 35.5 Å². The van der Waals surface area contributed by atoms with Crippen molar-refractivity contribution in [3.05, 3.63) is 64.7 Å². The van der Waals surface area contributed by atoms with Gasteiger partial charge in [-0.3, -0.25) is 0 Å². The second-order valence-electron chi connectivity index (χ2n) is 4.30. The van der Waals surface area contributed by atoms with Crippen LogP contribution >= 0.6 is 11.6 Å². The molecule has 2 rings (SSSR count). The molecule has 104 valence electrons. The maximum atomic E-state index is 11.3. The first-order chi connectivity index (χ1) is 9.61. The monoisotopic (exact) mass is 290 g/mol. The second-order valence-corrected chi connectivity index (χ2v) is 4.70. The average molecular weight is 291 g/mol. The number of carbonyl (C=O) groups excluding carboxylic acids is 1. The quantitative estimate of drug-likeness (QED) is 0.789. The number of hydrogen-bond donors (Lipinski definition) is 0. The van der Waals surface area contributed by atoms with Crippen molar-refractivity contribution >= 4 is 17.6 Å². The van der Waals surface area contributed by atoms with Crippen LogP contribution in [0.4, 0.5) is 0 Å². The van der Waals surface area contributed by atoms with E-state index < -0.39 is 0 Å². The molecule has 0 aliphatic heterocycles. The number of methoxy groups -OCH3 is 1. The molecule has 0 bridgehead atoms. The van der Waals surface area contributed by atoms with Crippen molar-refractivity contribution in [2.45, 2.75) is 13.0 Å². The fraction of sp³-hybridized carbons (Fsp3) is 0.188. The number of halogens is 1. The van der Waals surface area contributed by atoms with Gasteiger partial charge in [-0.25, -0.2) is 4.79 Å². The Kier molecular flexibility index (Phi) is 4.64. The zero-order chi connectivity index (χ0) is 14.5. The van der Waals surface area contributed by atoms with Crippen molar-refractivity contribution in [3.8, 4) is 5.75 Å². The van der Waals surface area contributed by atoms with E-state index in [2.05, 4.69) is 4.74 Å². The Morgan fingerprint density at radius 1 is 1.10 bits per heavy atom. The van der Waals surface area contributed by atoms with Crippen LogP contribution in [0.3, 0.4) is 0 Å². The van der Waals surface area contributed by atoms with Gasteiger partial charge in [0.05, 0.1) is 12.7 Å². The predicted molar refractivity (Wildman–Crippen MR) is 78.3 cm³/mol. The summed E-state index contributed by atoms with van der Waals surface area (Å²) in [4.78, 5) is 11.3. The van der Waals surface area contributed by atoms with E-state index in [1.807, 2.05) is 31.2 Å². The molecule has 0 aromatic heterocycles. The van der Waals surface area contributed by atoms with Crippen LogP contribution in [-0.4, -0.2) is 13.1 Å². The summed E-state index contributed by atoms with van der Waals surface area (Å²) in [6.07, 6.45) is -0.173. The van der Waals surface area contributed by atoms with Gasteiger partial charge in [-0.15, -0.1) is 0 Å². The number of ether oxygens (including phenoxy) is 2. The summed E-state index contributed by atoms with van der Waals surface area (Å²) in [5.41, 5.74) is 1.41. The fourth-order valence-corrected chi connectivity index (χ4v) is 2.15. The van der Waals surface area contributed by atoms with Gasteiger partial charge in [0.2, 0.25) is 0 Å². The number of benzene rings is 2. The number of rotatable bonds is 4. The normalized spacial score (nSPS) is 11.8. The van der Waals surface area contributed by atoms with E-state index >= 15 is 0 Å². The van der Waals surface area contributed by atoms with Crippen molar-refractivity contribution in [1.29, 1.82) is 0 Å². The standard InChI is InChI=1S/C16H15ClO3/c1-11(14-5-3-4-6-15(14)17)20-13-9-7-12(8-10-13)16(18)19-2/h3-11H,1-2H3. The van der Waals surface area contributed by atoms with Gasteiger partial charge in [-0.1, -0.05) is 29.8 Å². The van der Waals surface area contributed by atoms with Gasteiger partial charge in [0, 0.05) is 10.6 Å². The molecular weight excluding hydrogens is 276 g/mol. The molecule has 2 aromatic rings. The molecule has 0 N–H and O–H groups in total. The Morgan fingerprint density at radius 3 is 2.35 bits per heavy atom. The van der Waals surface area contributed by atoms with E-state index in [4.69, 9.17) is 16.3 Å². The zero-order valence-electron chi connectivity index (χ0n) is 11.3. The lowest BCUT2D eigenvalue weighted by atomic mass is 10.1. The second kappa shape index (κ2) is 6.44. The molecule has 0 aliphatic rings. The molecule has 20 heavy (non-hydrogen) atoms. The smallest absolute Gasteiger partial charge is 0.337 e. The molecular formula is C16H15ClO3. The third kappa shape index (κ3) is 3.31. The largest absolute Gasteiger partial charge is 0.486 e. The molecule has 0 heterocycles. The lowest BCUT2D eigenvalue weighted by molar-refractivity contribution is 0.0600. The summed E-state index contributed by atoms with van der Waals surface area (Å²) in [5, 5.41) is 0.672. The Balaban J connectivity index is 2.10. The Labute approximate surface area is 123 Å². The van der Waals surface area contributed by atoms with Gasteiger partial charge in [0.1, 0.15) is 11.9 Å². The highest BCUT2D eigenvalue weighted by molar-refractivity contribution is 6.31. The molecule has 0 aliphatic carbocycles. The van der Waals surface area contributed by atoms with Crippen molar-refractivity contribution < 1.29 is 14.3 Å². The molecule has 0 amide bonds. The van der Waals surface area contributed by atoms with E-state index in [9.17, 15) is 4.79 Å². The van der Waals surface area contributed by atoms with Crippen LogP contribution in [0.1, 0.15) is 28.9 Å². The maximum Gasteiger partial charge on any atom is 0.337 e. The van der Waals surface area contributed by atoms with E-state index in [0.717, 1.165) is 5.56 Å². The highest BCUT2D eigenvalue weighted by Gasteiger charge is 2.11. The summed E-state index contributed by atoms with van der Waals surface area (Å²) in [5.74, 6) is 0.306. The summed E-state index contributed by atoms with van der Waals surface area (Å²) in [6.45, 7) is 1.93. The van der Waals surface area contributed by atoms with Gasteiger partial charge in [-0.05, 0) is 37.3 Å². The lowest BCUT2D eigenvalue weighted by Crippen LogP contribution is -2.04. The third-order valence-electron chi connectivity index (χ3n) is 2.93. The van der Waals surface area contributed by atoms with Crippen LogP contribution in [0.15, 0.2) is 48.5 Å². The number of carbonyl (C=O) groups is 1. The number of esters is 1. The van der Waals surface area contributed by atoms with E-state index in [-0.39, 0.29) is 12.1 Å². The molecule has 2 aromatic carbocycles. The Morgan fingerprint density at radius 2 is 1.75 bits per heavy atom. The Hall–Kier alpha value is -2.00. The molecule has 1 atom stereocenters. The first-order valence-corrected chi connectivity index (χ1v) is 6.59. The first kappa shape index (κ1) is 14.4. The van der Waals surface area contributed by atoms with Crippen molar-refractivity contribution in [1.82, 2.24) is 0 Å². The average Bonchev–Trinajstić information content (AvgIpc) is 2.47. The van der Waals surface area contributed by atoms with E-state index in [0.29, 0.717) is 16.3 Å². The van der Waals surface area contributed by atoms with Crippen LogP contribution in [0, 0.1) is 0 Å². The minimum absolute atomic E-state index is 0.173. The molecule has 0 spiro atoms. The zero-order valence-corrected chi connectivity index (χ0v) is 12.1. The minimum atomic E-state index is -0.365. The van der Waals surface area contributed by atoms with Crippen LogP contribution in [0.5, 0.6) is 5.75 Å². The highest BCUT2D eigenvalue weighted by Crippen LogP contribution is 2.27. The lowest BCUT2D eigenvalue weighted by Gasteiger charge is -2.16. The van der Waals surface area contributed by atoms with Gasteiger partial charge < -0.3 is 9.47 Å². The van der Waals surface area contributed by atoms with Crippen LogP contribution in [0.2, 0.25) is 5.02 Å². The van der Waals surface area contributed by atoms with E-state index in [1.54, 1.807) is 24.3 Å². The molecule has 1 unspecified atom stereocenters. The van der Waals surface area contributed by atoms with Crippen molar-refractivity contribution in [2.24, 2.45) is 0 Å². The van der Waals surface area contributed by atoms with Gasteiger partial charge in [0.25, 0.3) is 0 Å². The minimum Gasteiger partial charge on any atom is -0.486 e. The fourth-order valence-electron chi connectivity index (χ4n) is 1.86. The van der Waals surface area contributed by atoms with Gasteiger partial charge in [0.15, 0.2) is 0 Å². The van der Waals surface area contributed by atoms with Gasteiger partial charge in [-0.2, -0.15) is 0 Å². The van der Waals surface area contributed by atoms with Crippen LogP contribution < -0.4 is 4.74 Å². The highest BCUT2D eigenvalue weighted by atomic mass is 35.5. The maximum absolute atomic E-state index is 11.3. The van der Waals surface area contributed by atoms with Crippen molar-refractivity contribution in [3.63, 3.8) is 0 Å². The molecule has 4 heteroatoms. The van der Waals surface area contributed by atoms with Crippen LogP contribution in [0.25, 0.3) is 0 Å². The molecule has 0 radical (unpaired) electrons. The molecule has 3 nitrogen and oxygen atoms in total. The van der Waals surface area contributed by atoms with Crippen molar-refractivity contribution in [2.75, 3.05) is 7.11 Å². The van der Waals surface area contributed by atoms with Gasteiger partial charge >= 0.3 is 5.97 Å². The first-order valence-electron chi connectivity index (χ1n) is 6.21. The molecule has 0 fully saturated rings. The van der Waals surface area contributed by atoms with E-state index in [1.165, 1.54) is 7.11 Å². The third-order valence-corrected chi connectivity index (χ3v) is 3.28.